The summed E-state index contributed by atoms with van der Waals surface area (Å²) in [5, 5.41) is 16.8. The van der Waals surface area contributed by atoms with E-state index in [2.05, 4.69) is 26.7 Å². The molecule has 0 radical (unpaired) electrons. The van der Waals surface area contributed by atoms with Gasteiger partial charge in [-0.05, 0) is 48.4 Å². The number of nitriles is 1. The molecule has 4 rings (SSSR count). The van der Waals surface area contributed by atoms with Crippen LogP contribution in [0, 0.1) is 17.2 Å². The third-order valence-corrected chi connectivity index (χ3v) is 7.94. The number of nitrogens with zero attached hydrogens (tertiary/aromatic N) is 4. The number of hydrogen-bond acceptors (Lipinski definition) is 9. The van der Waals surface area contributed by atoms with E-state index in [4.69, 9.17) is 4.74 Å². The molecule has 0 spiro atoms. The van der Waals surface area contributed by atoms with Crippen LogP contribution >= 0.6 is 22.7 Å². The number of nitrogens with one attached hydrogen (secondary N) is 2. The van der Waals surface area contributed by atoms with Crippen molar-refractivity contribution in [1.82, 2.24) is 15.3 Å². The molecule has 0 saturated carbocycles. The third-order valence-electron chi connectivity index (χ3n) is 5.61. The number of thiophene rings is 1. The Labute approximate surface area is 217 Å². The molecule has 36 heavy (non-hydrogen) atoms. The number of rotatable bonds is 8. The van der Waals surface area contributed by atoms with Gasteiger partial charge in [-0.15, -0.1) is 22.7 Å². The number of aromatic nitrogens is 2. The number of anilines is 2. The van der Waals surface area contributed by atoms with E-state index in [0.29, 0.717) is 36.6 Å². The van der Waals surface area contributed by atoms with Crippen molar-refractivity contribution in [1.29, 1.82) is 5.26 Å². The van der Waals surface area contributed by atoms with E-state index in [9.17, 15) is 14.9 Å². The molecular formula is C25H26N6O3S2. The van der Waals surface area contributed by atoms with Gasteiger partial charge >= 0.3 is 6.09 Å². The number of ether oxygens (including phenoxy) is 1. The van der Waals surface area contributed by atoms with E-state index < -0.39 is 6.09 Å². The van der Waals surface area contributed by atoms with E-state index in [-0.39, 0.29) is 11.8 Å². The number of fused-ring (bicyclic) bond motifs is 1. The second kappa shape index (κ2) is 11.8. The maximum absolute atomic E-state index is 12.4. The van der Waals surface area contributed by atoms with Gasteiger partial charge in [0, 0.05) is 48.5 Å². The summed E-state index contributed by atoms with van der Waals surface area (Å²) in [7, 11) is 3.84. The summed E-state index contributed by atoms with van der Waals surface area (Å²) in [5.41, 5.74) is 2.32. The zero-order valence-electron chi connectivity index (χ0n) is 20.0. The van der Waals surface area contributed by atoms with Crippen LogP contribution in [0.2, 0.25) is 0 Å². The Bertz CT molecular complexity index is 1290. The molecule has 0 aliphatic heterocycles. The van der Waals surface area contributed by atoms with E-state index in [0.717, 1.165) is 32.4 Å². The minimum absolute atomic E-state index is 0.159. The second-order valence-electron chi connectivity index (χ2n) is 8.49. The van der Waals surface area contributed by atoms with Gasteiger partial charge in [-0.3, -0.25) is 9.78 Å². The molecule has 186 valence electrons. The molecule has 0 aromatic carbocycles. The van der Waals surface area contributed by atoms with E-state index in [1.807, 2.05) is 25.1 Å². The molecule has 2 N–H and O–H groups in total. The molecule has 0 bridgehead atoms. The van der Waals surface area contributed by atoms with Gasteiger partial charge in [-0.25, -0.2) is 9.78 Å². The van der Waals surface area contributed by atoms with Crippen molar-refractivity contribution >= 4 is 50.9 Å². The van der Waals surface area contributed by atoms with Gasteiger partial charge in [0.15, 0.2) is 5.13 Å². The smallest absolute Gasteiger partial charge is 0.407 e. The summed E-state index contributed by atoms with van der Waals surface area (Å²) >= 11 is 2.94. The molecule has 11 heteroatoms. The topological polar surface area (TPSA) is 120 Å². The van der Waals surface area contributed by atoms with E-state index in [1.165, 1.54) is 28.7 Å². The molecule has 9 nitrogen and oxygen atoms in total. The van der Waals surface area contributed by atoms with Gasteiger partial charge in [0.05, 0.1) is 18.7 Å². The fraction of sp³-hybridized carbons (Fsp3) is 0.320. The van der Waals surface area contributed by atoms with Crippen LogP contribution in [0.15, 0.2) is 36.8 Å². The first-order valence-corrected chi connectivity index (χ1v) is 13.0. The normalized spacial score (nSPS) is 14.6. The molecule has 3 heterocycles. The number of alkyl carbamates (subject to hydrolysis) is 1. The van der Waals surface area contributed by atoms with Crippen molar-refractivity contribution in [3.63, 3.8) is 0 Å². The van der Waals surface area contributed by atoms with Crippen LogP contribution in [0.3, 0.4) is 0 Å². The van der Waals surface area contributed by atoms with Crippen LogP contribution in [0.25, 0.3) is 6.08 Å². The molecule has 2 amide bonds. The summed E-state index contributed by atoms with van der Waals surface area (Å²) in [6.07, 6.45) is 9.94. The van der Waals surface area contributed by atoms with Crippen LogP contribution in [-0.4, -0.2) is 42.7 Å². The zero-order valence-corrected chi connectivity index (χ0v) is 21.6. The minimum atomic E-state index is -0.460. The fourth-order valence-electron chi connectivity index (χ4n) is 3.79. The van der Waals surface area contributed by atoms with Gasteiger partial charge in [0.2, 0.25) is 5.91 Å². The molecule has 0 fully saturated rings. The van der Waals surface area contributed by atoms with E-state index in [1.54, 1.807) is 30.7 Å². The first-order valence-electron chi connectivity index (χ1n) is 11.4. The van der Waals surface area contributed by atoms with Crippen molar-refractivity contribution in [2.45, 2.75) is 25.8 Å². The lowest BCUT2D eigenvalue weighted by Crippen LogP contribution is -2.27. The summed E-state index contributed by atoms with van der Waals surface area (Å²) in [6.45, 7) is 0.667. The Balaban J connectivity index is 1.29. The standard InChI is InChI=1S/C25H26N6O3S2/c1-31(2)24-28-13-18(35-24)14-29-25(33)34-15-17-5-7-19-20(11-26)23(36-21(19)10-17)30-22(32)8-6-16-4-3-9-27-12-16/h3-4,6,8-9,12-13,17H,5,7,10,14-15H2,1-2H3,(H,29,33)(H,30,32). The fourth-order valence-corrected chi connectivity index (χ4v) is 5.88. The molecule has 1 atom stereocenters. The van der Waals surface area contributed by atoms with Crippen LogP contribution in [0.4, 0.5) is 14.9 Å². The number of carbonyl (C=O) groups excluding carboxylic acids is 2. The van der Waals surface area contributed by atoms with Gasteiger partial charge in [0.25, 0.3) is 0 Å². The zero-order chi connectivity index (χ0) is 25.5. The Morgan fingerprint density at radius 1 is 1.33 bits per heavy atom. The first-order chi connectivity index (χ1) is 17.4. The average Bonchev–Trinajstić information content (AvgIpc) is 3.49. The van der Waals surface area contributed by atoms with Crippen molar-refractivity contribution < 1.29 is 14.3 Å². The Kier molecular flexibility index (Phi) is 8.30. The Hall–Kier alpha value is -3.75. The van der Waals surface area contributed by atoms with Crippen LogP contribution in [0.5, 0.6) is 0 Å². The quantitative estimate of drug-likeness (QED) is 0.425. The van der Waals surface area contributed by atoms with Crippen molar-refractivity contribution in [3.05, 3.63) is 63.2 Å². The molecular weight excluding hydrogens is 496 g/mol. The third kappa shape index (κ3) is 6.47. The lowest BCUT2D eigenvalue weighted by Gasteiger charge is -2.21. The number of amides is 2. The highest BCUT2D eigenvalue weighted by atomic mass is 32.1. The summed E-state index contributed by atoms with van der Waals surface area (Å²) in [5.74, 6) is -0.143. The monoisotopic (exact) mass is 522 g/mol. The number of thiazole rings is 1. The van der Waals surface area contributed by atoms with Crippen molar-refractivity contribution in [2.75, 3.05) is 30.9 Å². The second-order valence-corrected chi connectivity index (χ2v) is 10.7. The predicted octanol–water partition coefficient (Wildman–Crippen LogP) is 4.22. The largest absolute Gasteiger partial charge is 0.449 e. The highest BCUT2D eigenvalue weighted by molar-refractivity contribution is 7.16. The molecule has 0 saturated heterocycles. The number of hydrogen-bond donors (Lipinski definition) is 2. The van der Waals surface area contributed by atoms with Gasteiger partial charge in [-0.1, -0.05) is 6.07 Å². The summed E-state index contributed by atoms with van der Waals surface area (Å²) < 4.78 is 5.45. The van der Waals surface area contributed by atoms with E-state index >= 15 is 0 Å². The molecule has 1 unspecified atom stereocenters. The van der Waals surface area contributed by atoms with Crippen molar-refractivity contribution in [2.24, 2.45) is 5.92 Å². The minimum Gasteiger partial charge on any atom is -0.449 e. The molecule has 3 aromatic rings. The van der Waals surface area contributed by atoms with Gasteiger partial charge in [-0.2, -0.15) is 5.26 Å². The van der Waals surface area contributed by atoms with Crippen molar-refractivity contribution in [3.8, 4) is 6.07 Å². The highest BCUT2D eigenvalue weighted by Gasteiger charge is 2.27. The molecule has 1 aliphatic carbocycles. The summed E-state index contributed by atoms with van der Waals surface area (Å²) in [6, 6.07) is 5.90. The maximum Gasteiger partial charge on any atom is 0.407 e. The first kappa shape index (κ1) is 25.3. The lowest BCUT2D eigenvalue weighted by atomic mass is 9.88. The predicted molar refractivity (Wildman–Crippen MR) is 141 cm³/mol. The highest BCUT2D eigenvalue weighted by Crippen LogP contribution is 2.39. The van der Waals surface area contributed by atoms with Crippen LogP contribution in [0.1, 0.15) is 32.9 Å². The number of pyridine rings is 1. The summed E-state index contributed by atoms with van der Waals surface area (Å²) in [4.78, 5) is 36.8. The maximum atomic E-state index is 12.4. The number of carbonyl (C=O) groups is 2. The van der Waals surface area contributed by atoms with Gasteiger partial charge in [0.1, 0.15) is 11.1 Å². The Morgan fingerprint density at radius 3 is 2.92 bits per heavy atom. The molecule has 1 aliphatic rings. The van der Waals surface area contributed by atoms with Crippen LogP contribution < -0.4 is 15.5 Å². The SMILES string of the molecule is CN(C)c1ncc(CNC(=O)OCC2CCc3c(sc(NC(=O)C=Cc4cccnc4)c3C#N)C2)s1. The lowest BCUT2D eigenvalue weighted by molar-refractivity contribution is -0.111. The Morgan fingerprint density at radius 2 is 2.19 bits per heavy atom. The van der Waals surface area contributed by atoms with Crippen LogP contribution in [-0.2, 0) is 28.9 Å². The molecule has 3 aromatic heterocycles. The van der Waals surface area contributed by atoms with Gasteiger partial charge < -0.3 is 20.3 Å². The average molecular weight is 523 g/mol.